The van der Waals surface area contributed by atoms with Gasteiger partial charge in [-0.3, -0.25) is 4.79 Å². The van der Waals surface area contributed by atoms with Gasteiger partial charge in [-0.15, -0.1) is 0 Å². The number of carbonyl (C=O) groups excluding carboxylic acids is 1. The van der Waals surface area contributed by atoms with Crippen LogP contribution in [0, 0.1) is 5.92 Å². The fourth-order valence-corrected chi connectivity index (χ4v) is 2.40. The molecule has 80 valence electrons. The molecular weight excluding hydrogens is 176 g/mol. The van der Waals surface area contributed by atoms with Crippen molar-refractivity contribution in [3.05, 3.63) is 0 Å². The van der Waals surface area contributed by atoms with Crippen LogP contribution >= 0.6 is 0 Å². The van der Waals surface area contributed by atoms with E-state index in [4.69, 9.17) is 0 Å². The van der Waals surface area contributed by atoms with Crippen molar-refractivity contribution in [3.63, 3.8) is 0 Å². The van der Waals surface area contributed by atoms with Crippen LogP contribution in [0.15, 0.2) is 0 Å². The van der Waals surface area contributed by atoms with E-state index in [-0.39, 0.29) is 6.04 Å². The van der Waals surface area contributed by atoms with Crippen molar-refractivity contribution in [2.45, 2.75) is 45.2 Å². The number of amides is 1. The van der Waals surface area contributed by atoms with Crippen molar-refractivity contribution in [2.24, 2.45) is 5.92 Å². The van der Waals surface area contributed by atoms with E-state index in [0.717, 1.165) is 31.8 Å². The summed E-state index contributed by atoms with van der Waals surface area (Å²) in [4.78, 5) is 14.1. The Hall–Kier alpha value is -0.570. The topological polar surface area (TPSA) is 32.3 Å². The molecule has 1 saturated heterocycles. The molecule has 0 bridgehead atoms. The zero-order valence-corrected chi connectivity index (χ0v) is 9.12. The molecule has 2 fully saturated rings. The van der Waals surface area contributed by atoms with Crippen LogP contribution in [-0.4, -0.2) is 36.0 Å². The van der Waals surface area contributed by atoms with Crippen molar-refractivity contribution < 1.29 is 4.79 Å². The minimum absolute atomic E-state index is 0.0987. The van der Waals surface area contributed by atoms with Gasteiger partial charge in [0, 0.05) is 12.6 Å². The Morgan fingerprint density at radius 3 is 2.86 bits per heavy atom. The first kappa shape index (κ1) is 9.97. The fraction of sp³-hybridized carbons (Fsp3) is 0.909. The lowest BCUT2D eigenvalue weighted by Crippen LogP contribution is -2.51. The van der Waals surface area contributed by atoms with E-state index >= 15 is 0 Å². The maximum absolute atomic E-state index is 12.0. The van der Waals surface area contributed by atoms with Gasteiger partial charge < -0.3 is 10.2 Å². The number of hydrogen-bond acceptors (Lipinski definition) is 2. The first-order valence-electron chi connectivity index (χ1n) is 5.78. The van der Waals surface area contributed by atoms with E-state index < -0.39 is 0 Å². The van der Waals surface area contributed by atoms with Gasteiger partial charge in [0.25, 0.3) is 0 Å². The first-order chi connectivity index (χ1) is 6.74. The SMILES string of the molecule is CCNC1CCCN(C2CC2C)C1=O. The molecule has 14 heavy (non-hydrogen) atoms. The summed E-state index contributed by atoms with van der Waals surface area (Å²) in [5, 5.41) is 3.27. The highest BCUT2D eigenvalue weighted by molar-refractivity contribution is 5.83. The summed E-state index contributed by atoms with van der Waals surface area (Å²) in [5.74, 6) is 1.08. The Morgan fingerprint density at radius 2 is 2.29 bits per heavy atom. The second-order valence-electron chi connectivity index (χ2n) is 4.56. The predicted molar refractivity (Wildman–Crippen MR) is 56.0 cm³/mol. The number of likely N-dealkylation sites (tertiary alicyclic amines) is 1. The molecule has 1 N–H and O–H groups in total. The van der Waals surface area contributed by atoms with E-state index in [1.54, 1.807) is 0 Å². The van der Waals surface area contributed by atoms with E-state index in [1.807, 2.05) is 0 Å². The molecule has 3 unspecified atom stereocenters. The lowest BCUT2D eigenvalue weighted by molar-refractivity contribution is -0.136. The van der Waals surface area contributed by atoms with Gasteiger partial charge in [0.15, 0.2) is 0 Å². The fourth-order valence-electron chi connectivity index (χ4n) is 2.40. The van der Waals surface area contributed by atoms with Gasteiger partial charge in [0.2, 0.25) is 5.91 Å². The van der Waals surface area contributed by atoms with Crippen LogP contribution < -0.4 is 5.32 Å². The minimum Gasteiger partial charge on any atom is -0.338 e. The lowest BCUT2D eigenvalue weighted by atomic mass is 10.0. The number of piperidine rings is 1. The normalized spacial score (nSPS) is 37.4. The molecule has 1 heterocycles. The van der Waals surface area contributed by atoms with Gasteiger partial charge >= 0.3 is 0 Å². The molecule has 0 aromatic heterocycles. The van der Waals surface area contributed by atoms with Gasteiger partial charge in [-0.05, 0) is 31.7 Å². The molecule has 0 aromatic carbocycles. The number of carbonyl (C=O) groups is 1. The van der Waals surface area contributed by atoms with Crippen LogP contribution in [0.5, 0.6) is 0 Å². The Labute approximate surface area is 85.8 Å². The van der Waals surface area contributed by atoms with Crippen molar-refractivity contribution in [3.8, 4) is 0 Å². The van der Waals surface area contributed by atoms with Crippen LogP contribution in [0.25, 0.3) is 0 Å². The number of rotatable bonds is 3. The molecule has 3 atom stereocenters. The molecule has 1 saturated carbocycles. The van der Waals surface area contributed by atoms with E-state index in [0.29, 0.717) is 11.9 Å². The number of likely N-dealkylation sites (N-methyl/N-ethyl adjacent to an activating group) is 1. The molecule has 1 aliphatic heterocycles. The summed E-state index contributed by atoms with van der Waals surface area (Å²) in [7, 11) is 0. The molecule has 3 heteroatoms. The molecular formula is C11H20N2O. The largest absolute Gasteiger partial charge is 0.338 e. The quantitative estimate of drug-likeness (QED) is 0.730. The summed E-state index contributed by atoms with van der Waals surface area (Å²) < 4.78 is 0. The number of nitrogens with zero attached hydrogens (tertiary/aromatic N) is 1. The summed E-state index contributed by atoms with van der Waals surface area (Å²) in [6.45, 7) is 6.17. The molecule has 1 amide bonds. The van der Waals surface area contributed by atoms with Crippen molar-refractivity contribution >= 4 is 5.91 Å². The summed E-state index contributed by atoms with van der Waals surface area (Å²) in [6, 6.07) is 0.658. The standard InChI is InChI=1S/C11H20N2O/c1-3-12-9-5-4-6-13(11(9)14)10-7-8(10)2/h8-10,12H,3-7H2,1-2H3. The van der Waals surface area contributed by atoms with E-state index in [9.17, 15) is 4.79 Å². The Morgan fingerprint density at radius 1 is 1.57 bits per heavy atom. The Kier molecular flexibility index (Phi) is 2.77. The molecule has 1 aliphatic carbocycles. The van der Waals surface area contributed by atoms with E-state index in [2.05, 4.69) is 24.1 Å². The van der Waals surface area contributed by atoms with Gasteiger partial charge in [0.1, 0.15) is 0 Å². The number of hydrogen-bond donors (Lipinski definition) is 1. The lowest BCUT2D eigenvalue weighted by Gasteiger charge is -2.33. The maximum atomic E-state index is 12.0. The molecule has 0 aromatic rings. The van der Waals surface area contributed by atoms with Crippen molar-refractivity contribution in [2.75, 3.05) is 13.1 Å². The molecule has 2 aliphatic rings. The van der Waals surface area contributed by atoms with Gasteiger partial charge in [-0.2, -0.15) is 0 Å². The van der Waals surface area contributed by atoms with Gasteiger partial charge in [-0.25, -0.2) is 0 Å². The zero-order chi connectivity index (χ0) is 10.1. The highest BCUT2D eigenvalue weighted by Crippen LogP contribution is 2.36. The predicted octanol–water partition coefficient (Wildman–Crippen LogP) is 0.995. The highest BCUT2D eigenvalue weighted by atomic mass is 16.2. The average Bonchev–Trinajstić information content (AvgIpc) is 2.87. The third-order valence-electron chi connectivity index (χ3n) is 3.39. The maximum Gasteiger partial charge on any atom is 0.239 e. The number of nitrogens with one attached hydrogen (secondary N) is 1. The van der Waals surface area contributed by atoms with Crippen LogP contribution in [-0.2, 0) is 4.79 Å². The smallest absolute Gasteiger partial charge is 0.239 e. The van der Waals surface area contributed by atoms with E-state index in [1.165, 1.54) is 6.42 Å². The zero-order valence-electron chi connectivity index (χ0n) is 9.12. The first-order valence-corrected chi connectivity index (χ1v) is 5.78. The second-order valence-corrected chi connectivity index (χ2v) is 4.56. The summed E-state index contributed by atoms with van der Waals surface area (Å²) >= 11 is 0. The van der Waals surface area contributed by atoms with Crippen LogP contribution in [0.4, 0.5) is 0 Å². The summed E-state index contributed by atoms with van der Waals surface area (Å²) in [6.07, 6.45) is 3.39. The molecule has 3 nitrogen and oxygen atoms in total. The van der Waals surface area contributed by atoms with Crippen LogP contribution in [0.3, 0.4) is 0 Å². The minimum atomic E-state index is 0.0987. The molecule has 2 rings (SSSR count). The Balaban J connectivity index is 1.94. The molecule has 0 spiro atoms. The third kappa shape index (κ3) is 1.78. The monoisotopic (exact) mass is 196 g/mol. The van der Waals surface area contributed by atoms with Crippen LogP contribution in [0.1, 0.15) is 33.1 Å². The summed E-state index contributed by atoms with van der Waals surface area (Å²) in [5.41, 5.74) is 0. The van der Waals surface area contributed by atoms with Crippen molar-refractivity contribution in [1.29, 1.82) is 0 Å². The van der Waals surface area contributed by atoms with Crippen molar-refractivity contribution in [1.82, 2.24) is 10.2 Å². The average molecular weight is 196 g/mol. The van der Waals surface area contributed by atoms with Gasteiger partial charge in [0.05, 0.1) is 6.04 Å². The third-order valence-corrected chi connectivity index (χ3v) is 3.39. The second kappa shape index (κ2) is 3.89. The highest BCUT2D eigenvalue weighted by Gasteiger charge is 2.43. The van der Waals surface area contributed by atoms with Crippen LogP contribution in [0.2, 0.25) is 0 Å². The van der Waals surface area contributed by atoms with Gasteiger partial charge in [-0.1, -0.05) is 13.8 Å². The molecule has 0 radical (unpaired) electrons. The Bertz CT molecular complexity index is 227.